The third-order valence-electron chi connectivity index (χ3n) is 3.62. The maximum Gasteiger partial charge on any atom is 0.352 e. The smallest absolute Gasteiger partial charge is 0.352 e. The van der Waals surface area contributed by atoms with Gasteiger partial charge in [-0.05, 0) is 71.3 Å². The summed E-state index contributed by atoms with van der Waals surface area (Å²) in [5.41, 5.74) is 1.47. The predicted molar refractivity (Wildman–Crippen MR) is 115 cm³/mol. The molecule has 0 aliphatic heterocycles. The molecule has 0 spiro atoms. The fourth-order valence-corrected chi connectivity index (χ4v) is 2.95. The fourth-order valence-electron chi connectivity index (χ4n) is 2.37. The molecule has 0 heterocycles. The first kappa shape index (κ1) is 22.2. The van der Waals surface area contributed by atoms with Crippen molar-refractivity contribution in [2.45, 2.75) is 13.8 Å². The topological polar surface area (TPSA) is 84.9 Å². The molecule has 0 aliphatic rings. The number of carbonyl (C=O) groups excluding carboxylic acids is 1. The molecule has 0 aliphatic carbocycles. The number of carbonyl (C=O) groups is 2. The highest BCUT2D eigenvalue weighted by atomic mass is 79.9. The molecule has 7 heteroatoms. The van der Waals surface area contributed by atoms with Gasteiger partial charge in [-0.3, -0.25) is 4.79 Å². The molecule has 1 amide bonds. The highest BCUT2D eigenvalue weighted by Crippen LogP contribution is 2.37. The number of carboxylic acid groups (broad SMARTS) is 1. The van der Waals surface area contributed by atoms with E-state index in [1.165, 1.54) is 6.08 Å². The Balaban J connectivity index is 2.36. The Morgan fingerprint density at radius 1 is 1.21 bits per heavy atom. The van der Waals surface area contributed by atoms with Crippen molar-refractivity contribution in [3.63, 3.8) is 0 Å². The van der Waals surface area contributed by atoms with Crippen LogP contribution in [0.5, 0.6) is 11.5 Å². The van der Waals surface area contributed by atoms with E-state index in [1.807, 2.05) is 13.8 Å². The van der Waals surface area contributed by atoms with E-state index in [2.05, 4.69) is 27.8 Å². The molecule has 2 rings (SSSR count). The van der Waals surface area contributed by atoms with Gasteiger partial charge in [0.25, 0.3) is 5.91 Å². The zero-order valence-electron chi connectivity index (χ0n) is 16.2. The number of ether oxygens (including phenoxy) is 2. The van der Waals surface area contributed by atoms with Gasteiger partial charge in [0, 0.05) is 5.56 Å². The molecule has 2 N–H and O–H groups in total. The number of hydrogen-bond donors (Lipinski definition) is 2. The van der Waals surface area contributed by atoms with Crippen LogP contribution in [-0.2, 0) is 4.79 Å². The number of aliphatic carboxylic acids is 1. The van der Waals surface area contributed by atoms with Gasteiger partial charge in [0.2, 0.25) is 0 Å². The molecule has 0 saturated carbocycles. The summed E-state index contributed by atoms with van der Waals surface area (Å²) >= 11 is 3.43. The molecule has 29 heavy (non-hydrogen) atoms. The van der Waals surface area contributed by atoms with Crippen LogP contribution in [0.4, 0.5) is 0 Å². The Morgan fingerprint density at radius 2 is 1.90 bits per heavy atom. The number of amides is 1. The van der Waals surface area contributed by atoms with Crippen LogP contribution in [0, 0.1) is 0 Å². The van der Waals surface area contributed by atoms with Gasteiger partial charge in [0.1, 0.15) is 12.3 Å². The summed E-state index contributed by atoms with van der Waals surface area (Å²) in [6.07, 6.45) is 1.36. The minimum atomic E-state index is -1.26. The first-order chi connectivity index (χ1) is 13.8. The van der Waals surface area contributed by atoms with E-state index in [-0.39, 0.29) is 5.70 Å². The molecule has 0 unspecified atom stereocenters. The van der Waals surface area contributed by atoms with E-state index in [4.69, 9.17) is 9.47 Å². The van der Waals surface area contributed by atoms with Crippen molar-refractivity contribution < 1.29 is 24.2 Å². The molecule has 0 saturated heterocycles. The van der Waals surface area contributed by atoms with Gasteiger partial charge in [-0.1, -0.05) is 24.8 Å². The molecule has 6 nitrogen and oxygen atoms in total. The summed E-state index contributed by atoms with van der Waals surface area (Å²) in [4.78, 5) is 24.0. The Bertz CT molecular complexity index is 938. The Morgan fingerprint density at radius 3 is 2.48 bits per heavy atom. The average Bonchev–Trinajstić information content (AvgIpc) is 2.67. The largest absolute Gasteiger partial charge is 0.490 e. The van der Waals surface area contributed by atoms with Crippen LogP contribution in [0.2, 0.25) is 0 Å². The second kappa shape index (κ2) is 10.5. The lowest BCUT2D eigenvalue weighted by Gasteiger charge is -2.15. The van der Waals surface area contributed by atoms with E-state index in [1.54, 1.807) is 42.5 Å². The maximum absolute atomic E-state index is 12.3. The molecule has 2 aromatic rings. The van der Waals surface area contributed by atoms with Gasteiger partial charge < -0.3 is 19.9 Å². The van der Waals surface area contributed by atoms with Gasteiger partial charge in [-0.2, -0.15) is 0 Å². The number of nitrogens with one attached hydrogen (secondary N) is 1. The van der Waals surface area contributed by atoms with Crippen LogP contribution in [0.1, 0.15) is 29.8 Å². The standard InChI is InChI=1S/C22H22BrNO5/c1-4-28-19-12-15(10-17(23)20(19)29-13-14(2)3)11-18(22(26)27)24-21(25)16-8-6-5-7-9-16/h5-12H,2,4,13H2,1,3H3,(H,24,25)(H,26,27). The zero-order chi connectivity index (χ0) is 21.4. The first-order valence-electron chi connectivity index (χ1n) is 8.86. The summed E-state index contributed by atoms with van der Waals surface area (Å²) in [5, 5.41) is 11.9. The second-order valence-corrected chi connectivity index (χ2v) is 7.05. The normalized spacial score (nSPS) is 10.9. The minimum Gasteiger partial charge on any atom is -0.490 e. The van der Waals surface area contributed by atoms with Gasteiger partial charge in [-0.15, -0.1) is 0 Å². The molecule has 0 radical (unpaired) electrons. The first-order valence-corrected chi connectivity index (χ1v) is 9.66. The molecular formula is C22H22BrNO5. The quantitative estimate of drug-likeness (QED) is 0.420. The molecule has 0 atom stereocenters. The summed E-state index contributed by atoms with van der Waals surface area (Å²) in [5.74, 6) is -0.818. The lowest BCUT2D eigenvalue weighted by molar-refractivity contribution is -0.132. The third-order valence-corrected chi connectivity index (χ3v) is 4.21. The number of rotatable bonds is 9. The number of hydrogen-bond acceptors (Lipinski definition) is 4. The lowest BCUT2D eigenvalue weighted by atomic mass is 10.1. The Hall–Kier alpha value is -3.06. The lowest BCUT2D eigenvalue weighted by Crippen LogP contribution is -2.27. The van der Waals surface area contributed by atoms with Gasteiger partial charge in [0.15, 0.2) is 11.5 Å². The number of carboxylic acids is 1. The van der Waals surface area contributed by atoms with E-state index in [0.29, 0.717) is 40.3 Å². The molecule has 0 aromatic heterocycles. The van der Waals surface area contributed by atoms with Crippen LogP contribution in [0.3, 0.4) is 0 Å². The highest BCUT2D eigenvalue weighted by Gasteiger charge is 2.16. The van der Waals surface area contributed by atoms with Crippen LogP contribution in [-0.4, -0.2) is 30.2 Å². The Kier molecular flexibility index (Phi) is 8.03. The van der Waals surface area contributed by atoms with E-state index < -0.39 is 11.9 Å². The summed E-state index contributed by atoms with van der Waals surface area (Å²) in [7, 11) is 0. The molecule has 0 fully saturated rings. The highest BCUT2D eigenvalue weighted by molar-refractivity contribution is 9.10. The number of halogens is 1. The maximum atomic E-state index is 12.3. The molecular weight excluding hydrogens is 438 g/mol. The predicted octanol–water partition coefficient (Wildman–Crippen LogP) is 4.66. The van der Waals surface area contributed by atoms with Gasteiger partial charge in [-0.25, -0.2) is 4.79 Å². The average molecular weight is 460 g/mol. The van der Waals surface area contributed by atoms with Crippen molar-refractivity contribution >= 4 is 33.9 Å². The van der Waals surface area contributed by atoms with Crippen molar-refractivity contribution in [3.05, 3.63) is 75.9 Å². The molecule has 152 valence electrons. The SMILES string of the molecule is C=C(C)COc1c(Br)cc(C=C(NC(=O)c2ccccc2)C(=O)O)cc1OCC. The Labute approximate surface area is 178 Å². The van der Waals surface area contributed by atoms with Crippen molar-refractivity contribution in [1.82, 2.24) is 5.32 Å². The monoisotopic (exact) mass is 459 g/mol. The summed E-state index contributed by atoms with van der Waals surface area (Å²) in [6.45, 7) is 8.21. The fraction of sp³-hybridized carbons (Fsp3) is 0.182. The molecule has 2 aromatic carbocycles. The van der Waals surface area contributed by atoms with Crippen LogP contribution in [0.25, 0.3) is 6.08 Å². The van der Waals surface area contributed by atoms with E-state index in [9.17, 15) is 14.7 Å². The van der Waals surface area contributed by atoms with Crippen LogP contribution >= 0.6 is 15.9 Å². The van der Waals surface area contributed by atoms with Crippen molar-refractivity contribution in [3.8, 4) is 11.5 Å². The zero-order valence-corrected chi connectivity index (χ0v) is 17.8. The van der Waals surface area contributed by atoms with Crippen molar-refractivity contribution in [2.75, 3.05) is 13.2 Å². The van der Waals surface area contributed by atoms with Gasteiger partial charge >= 0.3 is 5.97 Å². The van der Waals surface area contributed by atoms with Crippen molar-refractivity contribution in [2.24, 2.45) is 0 Å². The van der Waals surface area contributed by atoms with E-state index in [0.717, 1.165) is 5.57 Å². The van der Waals surface area contributed by atoms with Gasteiger partial charge in [0.05, 0.1) is 11.1 Å². The second-order valence-electron chi connectivity index (χ2n) is 6.19. The number of benzene rings is 2. The summed E-state index contributed by atoms with van der Waals surface area (Å²) in [6, 6.07) is 11.7. The minimum absolute atomic E-state index is 0.260. The molecule has 0 bridgehead atoms. The summed E-state index contributed by atoms with van der Waals surface area (Å²) < 4.78 is 12.0. The van der Waals surface area contributed by atoms with Crippen LogP contribution in [0.15, 0.2) is 64.8 Å². The van der Waals surface area contributed by atoms with Crippen molar-refractivity contribution in [1.29, 1.82) is 0 Å². The van der Waals surface area contributed by atoms with Crippen LogP contribution < -0.4 is 14.8 Å². The third kappa shape index (κ3) is 6.50. The van der Waals surface area contributed by atoms with E-state index >= 15 is 0 Å².